The molecule has 4 heterocycles. The smallest absolute Gasteiger partial charge is 0.322 e. The second kappa shape index (κ2) is 12.5. The van der Waals surface area contributed by atoms with Crippen molar-refractivity contribution in [3.05, 3.63) is 70.7 Å². The molecule has 206 valence electrons. The molecule has 0 unspecified atom stereocenters. The van der Waals surface area contributed by atoms with Gasteiger partial charge in [-0.1, -0.05) is 18.2 Å². The number of hydrogen-bond acceptors (Lipinski definition) is 7. The lowest BCUT2D eigenvalue weighted by molar-refractivity contribution is -0.133. The van der Waals surface area contributed by atoms with Gasteiger partial charge in [0.25, 0.3) is 5.91 Å². The molecule has 0 aliphatic carbocycles. The van der Waals surface area contributed by atoms with E-state index in [0.717, 1.165) is 29.4 Å². The lowest BCUT2D eigenvalue weighted by Crippen LogP contribution is -2.47. The standard InChI is InChI=1S/C28H34N6O4S/c1-31-11-5-8-23(31)24-19-22(26-10-6-18-39-26)30-34(24)27(35)20-33(13-12-32-14-16-38-17-15-32)28(36)29-21-7-3-4-9-25(21)37-2/h3-11,18,24H,12-17,19-20H2,1-2H3,(H,29,36)/t24-/m0/s1. The largest absolute Gasteiger partial charge is 0.495 e. The lowest BCUT2D eigenvalue weighted by Gasteiger charge is -2.31. The van der Waals surface area contributed by atoms with Crippen LogP contribution >= 0.6 is 11.3 Å². The Labute approximate surface area is 232 Å². The van der Waals surface area contributed by atoms with Crippen LogP contribution in [-0.2, 0) is 16.6 Å². The van der Waals surface area contributed by atoms with Crippen molar-refractivity contribution in [2.24, 2.45) is 12.1 Å². The maximum atomic E-state index is 13.9. The fraction of sp³-hybridized carbons (Fsp3) is 0.393. The number of hydrazone groups is 1. The Morgan fingerprint density at radius 1 is 1.15 bits per heavy atom. The number of thiophene rings is 1. The molecule has 3 aromatic rings. The summed E-state index contributed by atoms with van der Waals surface area (Å²) in [5.74, 6) is 0.323. The average Bonchev–Trinajstić information content (AvgIpc) is 3.72. The summed E-state index contributed by atoms with van der Waals surface area (Å²) >= 11 is 1.61. The van der Waals surface area contributed by atoms with E-state index in [2.05, 4.69) is 10.2 Å². The number of anilines is 1. The van der Waals surface area contributed by atoms with Gasteiger partial charge in [-0.15, -0.1) is 11.3 Å². The lowest BCUT2D eigenvalue weighted by atomic mass is 10.1. The van der Waals surface area contributed by atoms with Crippen molar-refractivity contribution in [2.45, 2.75) is 12.5 Å². The van der Waals surface area contributed by atoms with Crippen molar-refractivity contribution in [1.82, 2.24) is 19.4 Å². The van der Waals surface area contributed by atoms with E-state index in [4.69, 9.17) is 14.6 Å². The Bertz CT molecular complexity index is 1300. The van der Waals surface area contributed by atoms with Crippen molar-refractivity contribution in [3.63, 3.8) is 0 Å². The zero-order valence-corrected chi connectivity index (χ0v) is 23.1. The highest BCUT2D eigenvalue weighted by atomic mass is 32.1. The number of benzene rings is 1. The first-order valence-electron chi connectivity index (χ1n) is 13.1. The van der Waals surface area contributed by atoms with Gasteiger partial charge in [0.1, 0.15) is 18.3 Å². The minimum atomic E-state index is -0.363. The van der Waals surface area contributed by atoms with E-state index in [1.807, 2.05) is 59.6 Å². The van der Waals surface area contributed by atoms with Crippen LogP contribution in [0.2, 0.25) is 0 Å². The van der Waals surface area contributed by atoms with Crippen molar-refractivity contribution in [1.29, 1.82) is 0 Å². The Hall–Kier alpha value is -3.67. The van der Waals surface area contributed by atoms with Crippen LogP contribution in [0.3, 0.4) is 0 Å². The van der Waals surface area contributed by atoms with E-state index in [1.54, 1.807) is 40.5 Å². The zero-order valence-electron chi connectivity index (χ0n) is 22.3. The highest BCUT2D eigenvalue weighted by molar-refractivity contribution is 7.12. The Morgan fingerprint density at radius 2 is 1.97 bits per heavy atom. The first-order chi connectivity index (χ1) is 19.0. The molecule has 1 saturated heterocycles. The van der Waals surface area contributed by atoms with E-state index < -0.39 is 0 Å². The van der Waals surface area contributed by atoms with Crippen molar-refractivity contribution < 1.29 is 19.1 Å². The molecule has 2 aromatic heterocycles. The highest BCUT2D eigenvalue weighted by Gasteiger charge is 2.36. The number of hydrogen-bond donors (Lipinski definition) is 1. The molecule has 11 heteroatoms. The number of aryl methyl sites for hydroxylation is 1. The second-order valence-electron chi connectivity index (χ2n) is 9.53. The zero-order chi connectivity index (χ0) is 27.2. The highest BCUT2D eigenvalue weighted by Crippen LogP contribution is 2.34. The van der Waals surface area contributed by atoms with Gasteiger partial charge >= 0.3 is 6.03 Å². The van der Waals surface area contributed by atoms with Gasteiger partial charge < -0.3 is 24.3 Å². The van der Waals surface area contributed by atoms with Crippen molar-refractivity contribution in [3.8, 4) is 5.75 Å². The number of amides is 3. The molecule has 1 atom stereocenters. The van der Waals surface area contributed by atoms with Gasteiger partial charge in [-0.05, 0) is 35.7 Å². The van der Waals surface area contributed by atoms with E-state index in [1.165, 1.54) is 0 Å². The number of carbonyl (C=O) groups is 2. The van der Waals surface area contributed by atoms with Crippen LogP contribution in [0.25, 0.3) is 0 Å². The maximum Gasteiger partial charge on any atom is 0.322 e. The quantitative estimate of drug-likeness (QED) is 0.439. The Balaban J connectivity index is 1.37. The molecule has 3 amide bonds. The molecule has 5 rings (SSSR count). The molecular weight excluding hydrogens is 516 g/mol. The van der Waals surface area contributed by atoms with Gasteiger partial charge in [0.15, 0.2) is 0 Å². The van der Waals surface area contributed by atoms with Crippen molar-refractivity contribution >= 4 is 34.7 Å². The number of urea groups is 1. The van der Waals surface area contributed by atoms with E-state index in [9.17, 15) is 9.59 Å². The first-order valence-corrected chi connectivity index (χ1v) is 13.9. The fourth-order valence-corrected chi connectivity index (χ4v) is 5.62. The molecule has 39 heavy (non-hydrogen) atoms. The summed E-state index contributed by atoms with van der Waals surface area (Å²) in [6.45, 7) is 3.85. The first kappa shape index (κ1) is 26.9. The summed E-state index contributed by atoms with van der Waals surface area (Å²) < 4.78 is 12.9. The average molecular weight is 551 g/mol. The van der Waals surface area contributed by atoms with Crippen LogP contribution in [0.5, 0.6) is 5.75 Å². The van der Waals surface area contributed by atoms with E-state index >= 15 is 0 Å². The molecule has 0 radical (unpaired) electrons. The van der Waals surface area contributed by atoms with Crippen molar-refractivity contribution in [2.75, 3.05) is 58.4 Å². The number of aromatic nitrogens is 1. The van der Waals surface area contributed by atoms with Gasteiger partial charge in [-0.3, -0.25) is 9.69 Å². The van der Waals surface area contributed by atoms with Crippen LogP contribution in [-0.4, -0.2) is 90.1 Å². The number of nitrogens with zero attached hydrogens (tertiary/aromatic N) is 5. The normalized spacial score (nSPS) is 17.6. The van der Waals surface area contributed by atoms with Gasteiger partial charge in [0.2, 0.25) is 0 Å². The van der Waals surface area contributed by atoms with Gasteiger partial charge in [-0.2, -0.15) is 5.10 Å². The SMILES string of the molecule is COc1ccccc1NC(=O)N(CCN1CCOCC1)CC(=O)N1N=C(c2cccs2)C[C@H]1c1cccn1C. The van der Waals surface area contributed by atoms with Crippen LogP contribution < -0.4 is 10.1 Å². The summed E-state index contributed by atoms with van der Waals surface area (Å²) in [6, 6.07) is 14.6. The van der Waals surface area contributed by atoms with Gasteiger partial charge in [0.05, 0.1) is 36.6 Å². The number of nitrogens with one attached hydrogen (secondary N) is 1. The number of methoxy groups -OCH3 is 1. The number of morpholine rings is 1. The number of para-hydroxylation sites is 2. The number of rotatable bonds is 9. The third-order valence-electron chi connectivity index (χ3n) is 7.05. The Kier molecular flexibility index (Phi) is 8.60. The van der Waals surface area contributed by atoms with Crippen LogP contribution in [0.4, 0.5) is 10.5 Å². The molecule has 1 aromatic carbocycles. The minimum Gasteiger partial charge on any atom is -0.495 e. The molecule has 1 N–H and O–H groups in total. The number of carbonyl (C=O) groups excluding carboxylic acids is 2. The van der Waals surface area contributed by atoms with E-state index in [-0.39, 0.29) is 24.5 Å². The summed E-state index contributed by atoms with van der Waals surface area (Å²) in [5, 5.41) is 11.3. The van der Waals surface area contributed by atoms with E-state index in [0.29, 0.717) is 44.2 Å². The maximum absolute atomic E-state index is 13.9. The molecule has 0 saturated carbocycles. The van der Waals surface area contributed by atoms with Gasteiger partial charge in [-0.25, -0.2) is 9.80 Å². The monoisotopic (exact) mass is 550 g/mol. The predicted octanol–water partition coefficient (Wildman–Crippen LogP) is 3.64. The molecule has 2 aliphatic rings. The molecule has 0 spiro atoms. The summed E-state index contributed by atoms with van der Waals surface area (Å²) in [7, 11) is 3.53. The molecule has 0 bridgehead atoms. The molecule has 1 fully saturated rings. The molecule has 2 aliphatic heterocycles. The summed E-state index contributed by atoms with van der Waals surface area (Å²) in [4.78, 5) is 32.2. The van der Waals surface area contributed by atoms with Gasteiger partial charge in [0, 0.05) is 51.5 Å². The van der Waals surface area contributed by atoms with Crippen LogP contribution in [0, 0.1) is 0 Å². The predicted molar refractivity (Wildman–Crippen MR) is 151 cm³/mol. The number of ether oxygens (including phenoxy) is 2. The third kappa shape index (κ3) is 6.32. The summed E-state index contributed by atoms with van der Waals surface area (Å²) in [6.07, 6.45) is 2.59. The molecular formula is C28H34N6O4S. The second-order valence-corrected chi connectivity index (χ2v) is 10.5. The molecule has 10 nitrogen and oxygen atoms in total. The Morgan fingerprint density at radius 3 is 2.69 bits per heavy atom. The topological polar surface area (TPSA) is 91.6 Å². The fourth-order valence-electron chi connectivity index (χ4n) is 4.90. The third-order valence-corrected chi connectivity index (χ3v) is 7.97. The summed E-state index contributed by atoms with van der Waals surface area (Å²) in [5.41, 5.74) is 2.43. The van der Waals surface area contributed by atoms with Crippen LogP contribution in [0.1, 0.15) is 23.0 Å². The van der Waals surface area contributed by atoms with Crippen LogP contribution in [0.15, 0.2) is 65.2 Å². The minimum absolute atomic E-state index is 0.104.